The summed E-state index contributed by atoms with van der Waals surface area (Å²) in [5.41, 5.74) is 4.97. The van der Waals surface area contributed by atoms with Crippen LogP contribution in [0.2, 0.25) is 0 Å². The summed E-state index contributed by atoms with van der Waals surface area (Å²) >= 11 is 0. The molecule has 2 aromatic carbocycles. The zero-order valence-electron chi connectivity index (χ0n) is 21.9. The van der Waals surface area contributed by atoms with Crippen molar-refractivity contribution in [1.29, 1.82) is 0 Å². The van der Waals surface area contributed by atoms with E-state index in [9.17, 15) is 4.79 Å². The van der Waals surface area contributed by atoms with Gasteiger partial charge in [0, 0.05) is 20.6 Å². The van der Waals surface area contributed by atoms with Gasteiger partial charge in [-0.05, 0) is 54.5 Å². The molecule has 0 aliphatic heterocycles. The smallest absolute Gasteiger partial charge is 0.320 e. The molecule has 38 heavy (non-hydrogen) atoms. The van der Waals surface area contributed by atoms with E-state index < -0.39 is 0 Å². The van der Waals surface area contributed by atoms with Gasteiger partial charge in [-0.15, -0.1) is 15.3 Å². The molecule has 1 aliphatic carbocycles. The quantitative estimate of drug-likeness (QED) is 0.298. The number of aryl methyl sites for hydroxylation is 1. The lowest BCUT2D eigenvalue weighted by atomic mass is 9.78. The van der Waals surface area contributed by atoms with Gasteiger partial charge in [0.05, 0.1) is 17.9 Å². The predicted molar refractivity (Wildman–Crippen MR) is 141 cm³/mol. The van der Waals surface area contributed by atoms with Crippen molar-refractivity contribution in [2.45, 2.75) is 58.8 Å². The van der Waals surface area contributed by atoms with E-state index in [4.69, 9.17) is 13.9 Å². The second kappa shape index (κ2) is 11.5. The van der Waals surface area contributed by atoms with Gasteiger partial charge in [-0.3, -0.25) is 5.32 Å². The second-order valence-electron chi connectivity index (χ2n) is 9.43. The van der Waals surface area contributed by atoms with Crippen molar-refractivity contribution in [2.24, 2.45) is 0 Å². The van der Waals surface area contributed by atoms with Gasteiger partial charge in [0.25, 0.3) is 5.89 Å². The van der Waals surface area contributed by atoms with Crippen LogP contribution in [-0.4, -0.2) is 33.1 Å². The average molecular weight is 517 g/mol. The Hall–Kier alpha value is -4.18. The second-order valence-corrected chi connectivity index (χ2v) is 9.43. The number of amides is 2. The fourth-order valence-corrected chi connectivity index (χ4v) is 4.56. The van der Waals surface area contributed by atoms with Crippen LogP contribution in [0.4, 0.5) is 10.6 Å². The third kappa shape index (κ3) is 5.70. The fraction of sp³-hybridized carbons (Fsp3) is 0.357. The molecule has 2 N–H and O–H groups in total. The maximum Gasteiger partial charge on any atom is 0.320 e. The highest BCUT2D eigenvalue weighted by Crippen LogP contribution is 2.38. The number of carbonyl (C=O) groups is 1. The van der Waals surface area contributed by atoms with Crippen LogP contribution >= 0.6 is 0 Å². The van der Waals surface area contributed by atoms with Crippen LogP contribution in [0.3, 0.4) is 0 Å². The summed E-state index contributed by atoms with van der Waals surface area (Å²) in [6.07, 6.45) is 3.62. The number of methoxy groups -OCH3 is 1. The van der Waals surface area contributed by atoms with Gasteiger partial charge in [-0.25, -0.2) is 9.48 Å². The first-order chi connectivity index (χ1) is 18.5. The highest BCUT2D eigenvalue weighted by atomic mass is 16.5. The minimum atomic E-state index is -0.332. The van der Waals surface area contributed by atoms with Crippen LogP contribution in [0.25, 0.3) is 5.69 Å². The van der Waals surface area contributed by atoms with Crippen molar-refractivity contribution in [3.05, 3.63) is 82.6 Å². The Labute approximate surface area is 221 Å². The number of hydrogen-bond acceptors (Lipinski definition) is 7. The number of anilines is 1. The number of para-hydroxylation sites is 1. The van der Waals surface area contributed by atoms with Crippen molar-refractivity contribution >= 4 is 11.8 Å². The topological polar surface area (TPSA) is 116 Å². The van der Waals surface area contributed by atoms with Crippen LogP contribution in [-0.2, 0) is 24.5 Å². The van der Waals surface area contributed by atoms with Crippen molar-refractivity contribution in [3.63, 3.8) is 0 Å². The van der Waals surface area contributed by atoms with Crippen LogP contribution < -0.4 is 15.4 Å². The first-order valence-electron chi connectivity index (χ1n) is 12.7. The zero-order chi connectivity index (χ0) is 26.5. The van der Waals surface area contributed by atoms with E-state index >= 15 is 0 Å². The Kier molecular flexibility index (Phi) is 7.69. The van der Waals surface area contributed by atoms with Crippen molar-refractivity contribution in [1.82, 2.24) is 25.3 Å². The Balaban J connectivity index is 1.34. The van der Waals surface area contributed by atoms with E-state index in [1.807, 2.05) is 37.3 Å². The molecule has 5 rings (SSSR count). The van der Waals surface area contributed by atoms with Crippen LogP contribution in [0.15, 0.2) is 52.9 Å². The highest BCUT2D eigenvalue weighted by molar-refractivity contribution is 5.89. The van der Waals surface area contributed by atoms with Crippen LogP contribution in [0.5, 0.6) is 5.88 Å². The summed E-state index contributed by atoms with van der Waals surface area (Å²) in [6.45, 7) is 4.58. The summed E-state index contributed by atoms with van der Waals surface area (Å²) in [6, 6.07) is 15.6. The van der Waals surface area contributed by atoms with Gasteiger partial charge in [0.2, 0.25) is 11.8 Å². The van der Waals surface area contributed by atoms with Gasteiger partial charge >= 0.3 is 6.03 Å². The van der Waals surface area contributed by atoms with Gasteiger partial charge in [-0.2, -0.15) is 0 Å². The third-order valence-electron chi connectivity index (χ3n) is 6.71. The Morgan fingerprint density at radius 3 is 2.61 bits per heavy atom. The third-order valence-corrected chi connectivity index (χ3v) is 6.71. The highest BCUT2D eigenvalue weighted by Gasteiger charge is 2.23. The van der Waals surface area contributed by atoms with Gasteiger partial charge in [-0.1, -0.05) is 42.8 Å². The number of benzene rings is 2. The van der Waals surface area contributed by atoms with Gasteiger partial charge in [0.15, 0.2) is 6.61 Å². The molecule has 10 heteroatoms. The molecule has 10 nitrogen and oxygen atoms in total. The molecule has 0 radical (unpaired) electrons. The first kappa shape index (κ1) is 25.5. The molecular weight excluding hydrogens is 484 g/mol. The van der Waals surface area contributed by atoms with Crippen LogP contribution in [0, 0.1) is 13.8 Å². The summed E-state index contributed by atoms with van der Waals surface area (Å²) in [5, 5.41) is 18.4. The Morgan fingerprint density at radius 2 is 1.92 bits per heavy atom. The minimum Gasteiger partial charge on any atom is -0.466 e. The molecule has 4 aromatic rings. The Morgan fingerprint density at radius 1 is 1.11 bits per heavy atom. The summed E-state index contributed by atoms with van der Waals surface area (Å²) in [7, 11) is 1.68. The van der Waals surface area contributed by atoms with Crippen molar-refractivity contribution in [2.75, 3.05) is 12.4 Å². The zero-order valence-corrected chi connectivity index (χ0v) is 21.9. The summed E-state index contributed by atoms with van der Waals surface area (Å²) in [5.74, 6) is 2.23. The normalized spacial score (nSPS) is 13.2. The number of carbonyl (C=O) groups excluding carboxylic acids is 1. The molecule has 0 spiro atoms. The SMILES string of the molecule is COCc1ccc(C2CCC2)c(CNC(=O)Nc2c(C)c(OCc3nnc(C)o3)nn2-c2ccccc2)c1. The van der Waals surface area contributed by atoms with E-state index in [0.29, 0.717) is 48.1 Å². The number of nitrogens with one attached hydrogen (secondary N) is 2. The molecule has 198 valence electrons. The molecule has 1 saturated carbocycles. The number of ether oxygens (including phenoxy) is 2. The van der Waals surface area contributed by atoms with E-state index in [2.05, 4.69) is 44.1 Å². The molecule has 2 heterocycles. The van der Waals surface area contributed by atoms with Gasteiger partial charge in [0.1, 0.15) is 5.82 Å². The molecule has 2 aromatic heterocycles. The first-order valence-corrected chi connectivity index (χ1v) is 12.7. The molecule has 0 bridgehead atoms. The predicted octanol–water partition coefficient (Wildman–Crippen LogP) is 5.19. The fourth-order valence-electron chi connectivity index (χ4n) is 4.56. The van der Waals surface area contributed by atoms with E-state index in [-0.39, 0.29) is 12.6 Å². The largest absolute Gasteiger partial charge is 0.466 e. The average Bonchev–Trinajstić information content (AvgIpc) is 3.45. The van der Waals surface area contributed by atoms with Crippen LogP contribution in [0.1, 0.15) is 59.2 Å². The number of nitrogens with zero attached hydrogens (tertiary/aromatic N) is 4. The molecule has 0 atom stereocenters. The molecular formula is C28H32N6O4. The summed E-state index contributed by atoms with van der Waals surface area (Å²) < 4.78 is 18.2. The molecule has 0 saturated heterocycles. The van der Waals surface area contributed by atoms with E-state index in [1.54, 1.807) is 18.7 Å². The van der Waals surface area contributed by atoms with Gasteiger partial charge < -0.3 is 19.2 Å². The molecule has 0 unspecified atom stereocenters. The number of aromatic nitrogens is 4. The molecule has 1 fully saturated rings. The molecule has 2 amide bonds. The standard InChI is InChI=1S/C28H32N6O4/c1-18-26(30-28(35)29-15-22-14-20(16-36-3)12-13-24(22)21-8-7-9-21)34(23-10-5-4-6-11-23)33-27(18)37-17-25-32-31-19(2)38-25/h4-6,10-14,21H,7-9,15-17H2,1-3H3,(H2,29,30,35). The van der Waals surface area contributed by atoms with Crippen molar-refractivity contribution in [3.8, 4) is 11.6 Å². The number of rotatable bonds is 10. The lowest BCUT2D eigenvalue weighted by Crippen LogP contribution is -2.30. The number of urea groups is 1. The van der Waals surface area contributed by atoms with Crippen molar-refractivity contribution < 1.29 is 18.7 Å². The lowest BCUT2D eigenvalue weighted by molar-refractivity contribution is 0.185. The summed E-state index contributed by atoms with van der Waals surface area (Å²) in [4.78, 5) is 13.1. The maximum atomic E-state index is 13.1. The number of hydrogen-bond donors (Lipinski definition) is 2. The maximum absolute atomic E-state index is 13.1. The van der Waals surface area contributed by atoms with E-state index in [0.717, 1.165) is 16.8 Å². The Bertz CT molecular complexity index is 1390. The lowest BCUT2D eigenvalue weighted by Gasteiger charge is -2.28. The van der Waals surface area contributed by atoms with E-state index in [1.165, 1.54) is 24.8 Å². The monoisotopic (exact) mass is 516 g/mol. The minimum absolute atomic E-state index is 0.0703. The molecule has 1 aliphatic rings.